The van der Waals surface area contributed by atoms with Gasteiger partial charge in [-0.3, -0.25) is 4.79 Å². The third-order valence-electron chi connectivity index (χ3n) is 9.32. The third kappa shape index (κ3) is 2.28. The van der Waals surface area contributed by atoms with Crippen LogP contribution in [0.25, 0.3) is 0 Å². The fraction of sp³-hybridized carbons (Fsp3) is 0.955. The molecule has 0 aromatic heterocycles. The minimum atomic E-state index is 0.487. The van der Waals surface area contributed by atoms with Gasteiger partial charge in [0.25, 0.3) is 0 Å². The van der Waals surface area contributed by atoms with Gasteiger partial charge in [0.05, 0.1) is 0 Å². The molecule has 0 radical (unpaired) electrons. The van der Waals surface area contributed by atoms with Crippen LogP contribution in [0, 0.1) is 40.4 Å². The van der Waals surface area contributed by atoms with Gasteiger partial charge in [-0.1, -0.05) is 33.6 Å². The number of ketones is 1. The Morgan fingerprint density at radius 3 is 2.52 bits per heavy atom. The van der Waals surface area contributed by atoms with Crippen LogP contribution in [0.4, 0.5) is 0 Å². The second-order valence-corrected chi connectivity index (χ2v) is 10.0. The van der Waals surface area contributed by atoms with Crippen LogP contribution < -0.4 is 0 Å². The van der Waals surface area contributed by atoms with E-state index in [1.54, 1.807) is 0 Å². The fourth-order valence-electron chi connectivity index (χ4n) is 7.98. The Bertz CT molecular complexity index is 482. The summed E-state index contributed by atoms with van der Waals surface area (Å²) in [5.41, 5.74) is 1.13. The van der Waals surface area contributed by atoms with Crippen LogP contribution in [0.2, 0.25) is 0 Å². The molecule has 0 amide bonds. The highest BCUT2D eigenvalue weighted by Crippen LogP contribution is 2.67. The predicted molar refractivity (Wildman–Crippen MR) is 95.1 cm³/mol. The molecule has 0 spiro atoms. The number of rotatable bonds is 2. The van der Waals surface area contributed by atoms with Crippen molar-refractivity contribution >= 4 is 5.78 Å². The molecule has 0 saturated heterocycles. The maximum Gasteiger partial charge on any atom is 0.133 e. The summed E-state index contributed by atoms with van der Waals surface area (Å²) >= 11 is 0. The Kier molecular flexibility index (Phi) is 3.93. The lowest BCUT2D eigenvalue weighted by Gasteiger charge is -2.60. The molecule has 0 heterocycles. The third-order valence-corrected chi connectivity index (χ3v) is 9.32. The topological polar surface area (TPSA) is 17.1 Å². The first-order valence-electron chi connectivity index (χ1n) is 10.5. The smallest absolute Gasteiger partial charge is 0.133 e. The van der Waals surface area contributed by atoms with E-state index in [4.69, 9.17) is 0 Å². The standard InChI is InChI=1S/C22H36O/c1-4-5-15-7-9-19-18-8-6-16-14-17(23)10-12-22(16,3)20(18)11-13-21(15,19)2/h15-16,18-20H,4-14H2,1-3H3/t15-,16-,18-,19-,20-,21+,22-/m0/s1. The van der Waals surface area contributed by atoms with Crippen molar-refractivity contribution in [2.24, 2.45) is 40.4 Å². The summed E-state index contributed by atoms with van der Waals surface area (Å²) in [6.45, 7) is 7.59. The minimum absolute atomic E-state index is 0.487. The first-order chi connectivity index (χ1) is 11.0. The maximum atomic E-state index is 12.0. The number of hydrogen-bond acceptors (Lipinski definition) is 1. The molecule has 4 aliphatic rings. The summed E-state index contributed by atoms with van der Waals surface area (Å²) in [7, 11) is 0. The van der Waals surface area contributed by atoms with Gasteiger partial charge in [-0.15, -0.1) is 0 Å². The molecule has 0 aromatic carbocycles. The highest BCUT2D eigenvalue weighted by Gasteiger charge is 2.59. The van der Waals surface area contributed by atoms with E-state index in [9.17, 15) is 4.79 Å². The molecule has 130 valence electrons. The Morgan fingerprint density at radius 1 is 0.957 bits per heavy atom. The van der Waals surface area contributed by atoms with Crippen LogP contribution in [-0.2, 0) is 4.79 Å². The van der Waals surface area contributed by atoms with E-state index in [0.29, 0.717) is 22.5 Å². The molecule has 0 aromatic rings. The van der Waals surface area contributed by atoms with E-state index in [0.717, 1.165) is 36.5 Å². The number of fused-ring (bicyclic) bond motifs is 5. The molecule has 0 bridgehead atoms. The van der Waals surface area contributed by atoms with Crippen LogP contribution in [0.5, 0.6) is 0 Å². The average Bonchev–Trinajstić information content (AvgIpc) is 2.85. The lowest BCUT2D eigenvalue weighted by atomic mass is 9.44. The van der Waals surface area contributed by atoms with Gasteiger partial charge in [0.15, 0.2) is 0 Å². The van der Waals surface area contributed by atoms with E-state index in [2.05, 4.69) is 20.8 Å². The molecule has 0 aliphatic heterocycles. The molecule has 1 nitrogen and oxygen atoms in total. The van der Waals surface area contributed by atoms with E-state index in [1.807, 2.05) is 0 Å². The Morgan fingerprint density at radius 2 is 1.74 bits per heavy atom. The normalized spacial score (nSPS) is 52.7. The summed E-state index contributed by atoms with van der Waals surface area (Å²) in [4.78, 5) is 12.0. The van der Waals surface area contributed by atoms with Crippen LogP contribution in [0.3, 0.4) is 0 Å². The van der Waals surface area contributed by atoms with Crippen LogP contribution in [0.1, 0.15) is 91.4 Å². The largest absolute Gasteiger partial charge is 0.300 e. The van der Waals surface area contributed by atoms with Crippen molar-refractivity contribution in [3.8, 4) is 0 Å². The molecular formula is C22H36O. The number of carbonyl (C=O) groups is 1. The van der Waals surface area contributed by atoms with E-state index < -0.39 is 0 Å². The lowest BCUT2D eigenvalue weighted by Crippen LogP contribution is -2.53. The number of hydrogen-bond donors (Lipinski definition) is 0. The fourth-order valence-corrected chi connectivity index (χ4v) is 7.98. The monoisotopic (exact) mass is 316 g/mol. The zero-order chi connectivity index (χ0) is 16.2. The summed E-state index contributed by atoms with van der Waals surface area (Å²) in [6.07, 6.45) is 14.5. The first-order valence-corrected chi connectivity index (χ1v) is 10.5. The van der Waals surface area contributed by atoms with Crippen molar-refractivity contribution in [3.05, 3.63) is 0 Å². The highest BCUT2D eigenvalue weighted by molar-refractivity contribution is 5.79. The second kappa shape index (κ2) is 5.60. The van der Waals surface area contributed by atoms with Gasteiger partial charge in [0.1, 0.15) is 5.78 Å². The van der Waals surface area contributed by atoms with Crippen LogP contribution in [-0.4, -0.2) is 5.78 Å². The quantitative estimate of drug-likeness (QED) is 0.609. The molecule has 7 atom stereocenters. The lowest BCUT2D eigenvalue weighted by molar-refractivity contribution is -0.139. The van der Waals surface area contributed by atoms with Crippen LogP contribution in [0.15, 0.2) is 0 Å². The summed E-state index contributed by atoms with van der Waals surface area (Å²) < 4.78 is 0. The zero-order valence-electron chi connectivity index (χ0n) is 15.6. The van der Waals surface area contributed by atoms with Gasteiger partial charge in [0, 0.05) is 12.8 Å². The van der Waals surface area contributed by atoms with Gasteiger partial charge in [-0.05, 0) is 85.4 Å². The van der Waals surface area contributed by atoms with E-state index >= 15 is 0 Å². The van der Waals surface area contributed by atoms with Crippen molar-refractivity contribution < 1.29 is 4.79 Å². The Hall–Kier alpha value is -0.330. The Balaban J connectivity index is 1.59. The minimum Gasteiger partial charge on any atom is -0.300 e. The van der Waals surface area contributed by atoms with Gasteiger partial charge >= 0.3 is 0 Å². The molecule has 4 fully saturated rings. The molecule has 4 saturated carbocycles. The van der Waals surface area contributed by atoms with Crippen LogP contribution >= 0.6 is 0 Å². The van der Waals surface area contributed by atoms with Gasteiger partial charge in [-0.2, -0.15) is 0 Å². The van der Waals surface area contributed by atoms with Crippen molar-refractivity contribution in [2.45, 2.75) is 91.4 Å². The highest BCUT2D eigenvalue weighted by atomic mass is 16.1. The number of Topliss-reactive ketones (excluding diaryl/α,β-unsaturated/α-hetero) is 1. The molecule has 4 rings (SSSR count). The molecule has 23 heavy (non-hydrogen) atoms. The first kappa shape index (κ1) is 16.2. The zero-order valence-corrected chi connectivity index (χ0v) is 15.6. The Labute approximate surface area is 143 Å². The molecule has 1 heteroatoms. The predicted octanol–water partition coefficient (Wildman–Crippen LogP) is 6.01. The summed E-state index contributed by atoms with van der Waals surface area (Å²) in [5, 5.41) is 0. The van der Waals surface area contributed by atoms with Crippen molar-refractivity contribution in [3.63, 3.8) is 0 Å². The SMILES string of the molecule is CCC[C@H]1CC[C@H]2[C@@H]3CC[C@H]4CC(=O)CC[C@]4(C)[C@H]3CC[C@]12C. The molecular weight excluding hydrogens is 280 g/mol. The van der Waals surface area contributed by atoms with Gasteiger partial charge < -0.3 is 0 Å². The van der Waals surface area contributed by atoms with E-state index in [1.165, 1.54) is 57.8 Å². The van der Waals surface area contributed by atoms with Crippen molar-refractivity contribution in [1.82, 2.24) is 0 Å². The van der Waals surface area contributed by atoms with Crippen molar-refractivity contribution in [1.29, 1.82) is 0 Å². The number of carbonyl (C=O) groups excluding carboxylic acids is 1. The molecule has 0 N–H and O–H groups in total. The van der Waals surface area contributed by atoms with Crippen molar-refractivity contribution in [2.75, 3.05) is 0 Å². The van der Waals surface area contributed by atoms with Gasteiger partial charge in [-0.25, -0.2) is 0 Å². The second-order valence-electron chi connectivity index (χ2n) is 10.0. The van der Waals surface area contributed by atoms with E-state index in [-0.39, 0.29) is 0 Å². The maximum absolute atomic E-state index is 12.0. The average molecular weight is 317 g/mol. The van der Waals surface area contributed by atoms with Gasteiger partial charge in [0.2, 0.25) is 0 Å². The molecule has 0 unspecified atom stereocenters. The summed E-state index contributed by atoms with van der Waals surface area (Å²) in [6, 6.07) is 0. The summed E-state index contributed by atoms with van der Waals surface area (Å²) in [5.74, 6) is 5.15. The molecule has 4 aliphatic carbocycles.